The monoisotopic (exact) mass is 364 g/mol. The van der Waals surface area contributed by atoms with E-state index >= 15 is 0 Å². The summed E-state index contributed by atoms with van der Waals surface area (Å²) in [4.78, 5) is 24.5. The zero-order valence-corrected chi connectivity index (χ0v) is 15.4. The number of benzene rings is 1. The highest BCUT2D eigenvalue weighted by Gasteiger charge is 2.22. The Balaban J connectivity index is 1.38. The highest BCUT2D eigenvalue weighted by atomic mass is 16.1. The lowest BCUT2D eigenvalue weighted by Crippen LogP contribution is -2.27. The fourth-order valence-electron chi connectivity index (χ4n) is 3.46. The van der Waals surface area contributed by atoms with Gasteiger partial charge in [-0.2, -0.15) is 0 Å². The van der Waals surface area contributed by atoms with Crippen molar-refractivity contribution < 1.29 is 4.79 Å². The van der Waals surface area contributed by atoms with Gasteiger partial charge in [0.05, 0.1) is 6.33 Å². The molecule has 3 N–H and O–H groups in total. The van der Waals surface area contributed by atoms with Crippen LogP contribution in [0.2, 0.25) is 0 Å². The van der Waals surface area contributed by atoms with E-state index in [9.17, 15) is 4.79 Å². The number of aryl methyl sites for hydroxylation is 1. The molecule has 1 amide bonds. The molecule has 1 aliphatic rings. The summed E-state index contributed by atoms with van der Waals surface area (Å²) in [5.41, 5.74) is 3.41. The van der Waals surface area contributed by atoms with Crippen LogP contribution < -0.4 is 10.6 Å². The molecule has 3 aromatic rings. The molecule has 1 saturated heterocycles. The van der Waals surface area contributed by atoms with Crippen molar-refractivity contribution >= 4 is 5.91 Å². The minimum absolute atomic E-state index is 0.136. The fraction of sp³-hybridized carbons (Fsp3) is 0.350. The molecule has 0 bridgehead atoms. The predicted octanol–water partition coefficient (Wildman–Crippen LogP) is 2.30. The molecular weight excluding hydrogens is 340 g/mol. The van der Waals surface area contributed by atoms with E-state index in [4.69, 9.17) is 0 Å². The summed E-state index contributed by atoms with van der Waals surface area (Å²) in [6.07, 6.45) is 7.52. The normalized spacial score (nSPS) is 15.0. The van der Waals surface area contributed by atoms with Crippen molar-refractivity contribution in [3.05, 3.63) is 65.8 Å². The summed E-state index contributed by atoms with van der Waals surface area (Å²) >= 11 is 0. The molecule has 2 aromatic heterocycles. The van der Waals surface area contributed by atoms with Gasteiger partial charge < -0.3 is 20.2 Å². The van der Waals surface area contributed by atoms with Gasteiger partial charge in [0.2, 0.25) is 0 Å². The summed E-state index contributed by atoms with van der Waals surface area (Å²) in [6.45, 7) is 4.38. The number of hydrogen-bond donors (Lipinski definition) is 3. The molecule has 7 heteroatoms. The Bertz CT molecular complexity index is 891. The highest BCUT2D eigenvalue weighted by molar-refractivity contribution is 5.93. The fourth-order valence-corrected chi connectivity index (χ4v) is 3.46. The lowest BCUT2D eigenvalue weighted by Gasteiger charge is -2.20. The van der Waals surface area contributed by atoms with Crippen molar-refractivity contribution in [1.82, 2.24) is 30.2 Å². The van der Waals surface area contributed by atoms with Crippen LogP contribution in [0.5, 0.6) is 0 Å². The second kappa shape index (κ2) is 7.75. The number of aromatic amines is 1. The van der Waals surface area contributed by atoms with Gasteiger partial charge in [0, 0.05) is 36.2 Å². The molecule has 0 aliphatic carbocycles. The topological polar surface area (TPSA) is 87.6 Å². The molecule has 0 spiro atoms. The number of carbonyl (C=O) groups is 1. The molecular formula is C20H24N6O. The van der Waals surface area contributed by atoms with E-state index in [1.54, 1.807) is 12.5 Å². The number of H-pyrrole nitrogens is 1. The quantitative estimate of drug-likeness (QED) is 0.648. The Morgan fingerprint density at radius 3 is 2.74 bits per heavy atom. The van der Waals surface area contributed by atoms with Crippen molar-refractivity contribution in [2.75, 3.05) is 13.1 Å². The molecule has 0 unspecified atom stereocenters. The van der Waals surface area contributed by atoms with Crippen LogP contribution in [-0.4, -0.2) is 38.5 Å². The summed E-state index contributed by atoms with van der Waals surface area (Å²) in [5, 5.41) is 6.33. The van der Waals surface area contributed by atoms with E-state index in [0.29, 0.717) is 18.2 Å². The van der Waals surface area contributed by atoms with E-state index in [2.05, 4.69) is 25.6 Å². The predicted molar refractivity (Wildman–Crippen MR) is 103 cm³/mol. The largest absolute Gasteiger partial charge is 0.347 e. The SMILES string of the molecule is Cc1[nH]c(C2CCNCC2)nc1C(=O)NCc1ccc(-n2ccnc2)cc1. The Morgan fingerprint density at radius 1 is 1.26 bits per heavy atom. The third-order valence-electron chi connectivity index (χ3n) is 5.04. The molecule has 1 aliphatic heterocycles. The molecule has 0 atom stereocenters. The van der Waals surface area contributed by atoms with Crippen molar-refractivity contribution in [2.45, 2.75) is 32.2 Å². The number of aromatic nitrogens is 4. The van der Waals surface area contributed by atoms with E-state index < -0.39 is 0 Å². The van der Waals surface area contributed by atoms with E-state index in [1.165, 1.54) is 0 Å². The first-order valence-electron chi connectivity index (χ1n) is 9.33. The molecule has 140 valence electrons. The van der Waals surface area contributed by atoms with Gasteiger partial charge in [-0.3, -0.25) is 4.79 Å². The first-order chi connectivity index (χ1) is 13.2. The third kappa shape index (κ3) is 3.93. The highest BCUT2D eigenvalue weighted by Crippen LogP contribution is 2.23. The van der Waals surface area contributed by atoms with Crippen LogP contribution in [0.4, 0.5) is 0 Å². The molecule has 7 nitrogen and oxygen atoms in total. The van der Waals surface area contributed by atoms with E-state index in [-0.39, 0.29) is 5.91 Å². The van der Waals surface area contributed by atoms with Gasteiger partial charge in [-0.15, -0.1) is 0 Å². The number of hydrogen-bond acceptors (Lipinski definition) is 4. The molecule has 4 rings (SSSR count). The Labute approximate surface area is 158 Å². The number of piperidine rings is 1. The maximum absolute atomic E-state index is 12.6. The van der Waals surface area contributed by atoms with Crippen LogP contribution in [0.15, 0.2) is 43.0 Å². The zero-order valence-electron chi connectivity index (χ0n) is 15.4. The average molecular weight is 364 g/mol. The van der Waals surface area contributed by atoms with E-state index in [0.717, 1.165) is 48.7 Å². The van der Waals surface area contributed by atoms with Gasteiger partial charge in [-0.1, -0.05) is 12.1 Å². The lowest BCUT2D eigenvalue weighted by molar-refractivity contribution is 0.0945. The molecule has 0 radical (unpaired) electrons. The second-order valence-corrected chi connectivity index (χ2v) is 6.94. The average Bonchev–Trinajstić information content (AvgIpc) is 3.37. The van der Waals surface area contributed by atoms with Crippen LogP contribution in [0, 0.1) is 6.92 Å². The number of carbonyl (C=O) groups excluding carboxylic acids is 1. The van der Waals surface area contributed by atoms with Crippen molar-refractivity contribution in [3.63, 3.8) is 0 Å². The van der Waals surface area contributed by atoms with Gasteiger partial charge >= 0.3 is 0 Å². The van der Waals surface area contributed by atoms with Crippen LogP contribution in [0.25, 0.3) is 5.69 Å². The number of rotatable bonds is 5. The molecule has 1 fully saturated rings. The lowest BCUT2D eigenvalue weighted by atomic mass is 9.98. The van der Waals surface area contributed by atoms with Crippen LogP contribution >= 0.6 is 0 Å². The summed E-state index contributed by atoms with van der Waals surface area (Å²) in [6, 6.07) is 8.04. The molecule has 1 aromatic carbocycles. The number of imidazole rings is 2. The maximum Gasteiger partial charge on any atom is 0.272 e. The summed E-state index contributed by atoms with van der Waals surface area (Å²) < 4.78 is 1.94. The van der Waals surface area contributed by atoms with Crippen LogP contribution in [0.1, 0.15) is 46.3 Å². The Kier molecular flexibility index (Phi) is 5.02. The second-order valence-electron chi connectivity index (χ2n) is 6.94. The Morgan fingerprint density at radius 2 is 2.04 bits per heavy atom. The van der Waals surface area contributed by atoms with Gasteiger partial charge in [0.15, 0.2) is 0 Å². The number of nitrogens with one attached hydrogen (secondary N) is 3. The van der Waals surface area contributed by atoms with Gasteiger partial charge in [0.25, 0.3) is 5.91 Å². The van der Waals surface area contributed by atoms with E-state index in [1.807, 2.05) is 42.0 Å². The number of nitrogens with zero attached hydrogens (tertiary/aromatic N) is 3. The van der Waals surface area contributed by atoms with Crippen molar-refractivity contribution in [2.24, 2.45) is 0 Å². The standard InChI is InChI=1S/C20H24N6O/c1-14-18(25-19(24-14)16-6-8-21-9-7-16)20(27)23-12-15-2-4-17(5-3-15)26-11-10-22-13-26/h2-5,10-11,13,16,21H,6-9,12H2,1H3,(H,23,27)(H,24,25). The maximum atomic E-state index is 12.6. The molecule has 0 saturated carbocycles. The van der Waals surface area contributed by atoms with Crippen LogP contribution in [-0.2, 0) is 6.54 Å². The minimum atomic E-state index is -0.136. The molecule has 3 heterocycles. The number of amides is 1. The van der Waals surface area contributed by atoms with Crippen LogP contribution in [0.3, 0.4) is 0 Å². The molecule has 27 heavy (non-hydrogen) atoms. The smallest absolute Gasteiger partial charge is 0.272 e. The summed E-state index contributed by atoms with van der Waals surface area (Å²) in [7, 11) is 0. The van der Waals surface area contributed by atoms with Gasteiger partial charge in [-0.25, -0.2) is 9.97 Å². The van der Waals surface area contributed by atoms with Crippen molar-refractivity contribution in [1.29, 1.82) is 0 Å². The van der Waals surface area contributed by atoms with Crippen molar-refractivity contribution in [3.8, 4) is 5.69 Å². The summed E-state index contributed by atoms with van der Waals surface area (Å²) in [5.74, 6) is 1.20. The zero-order chi connectivity index (χ0) is 18.6. The first kappa shape index (κ1) is 17.5. The third-order valence-corrected chi connectivity index (χ3v) is 5.04. The first-order valence-corrected chi connectivity index (χ1v) is 9.33. The van der Waals surface area contributed by atoms with Gasteiger partial charge in [0.1, 0.15) is 11.5 Å². The Hall–Kier alpha value is -2.93. The van der Waals surface area contributed by atoms with Gasteiger partial charge in [-0.05, 0) is 50.6 Å². The minimum Gasteiger partial charge on any atom is -0.347 e.